The van der Waals surface area contributed by atoms with Crippen LogP contribution in [0.4, 0.5) is 0 Å². The molecule has 0 spiro atoms. The number of aryl methyl sites for hydroxylation is 1. The first-order valence-electron chi connectivity index (χ1n) is 7.81. The highest BCUT2D eigenvalue weighted by Gasteiger charge is 2.19. The van der Waals surface area contributed by atoms with Crippen LogP contribution in [0.1, 0.15) is 46.4 Å². The Bertz CT molecular complexity index is 927. The van der Waals surface area contributed by atoms with Crippen molar-refractivity contribution in [1.29, 1.82) is 0 Å². The Morgan fingerprint density at radius 3 is 2.33 bits per heavy atom. The number of Topliss-reactive ketones (excluding diaryl/α,β-unsaturated/α-hetero) is 1. The number of ketones is 1. The van der Waals surface area contributed by atoms with Gasteiger partial charge in [-0.3, -0.25) is 9.59 Å². The number of aromatic nitrogens is 2. The zero-order valence-corrected chi connectivity index (χ0v) is 13.9. The summed E-state index contributed by atoms with van der Waals surface area (Å²) in [5, 5.41) is 2.94. The van der Waals surface area contributed by atoms with Crippen LogP contribution in [0.3, 0.4) is 0 Å². The summed E-state index contributed by atoms with van der Waals surface area (Å²) in [6.07, 6.45) is 0. The second-order valence-electron chi connectivity index (χ2n) is 5.81. The second-order valence-corrected chi connectivity index (χ2v) is 5.81. The molecular formula is C19H19N3O2. The summed E-state index contributed by atoms with van der Waals surface area (Å²) in [5.74, 6) is 0.362. The molecule has 0 unspecified atom stereocenters. The molecule has 122 valence electrons. The van der Waals surface area contributed by atoms with Crippen LogP contribution < -0.4 is 5.32 Å². The first-order valence-corrected chi connectivity index (χ1v) is 7.81. The number of amides is 1. The third kappa shape index (κ3) is 2.80. The van der Waals surface area contributed by atoms with Crippen LogP contribution in [-0.4, -0.2) is 21.2 Å². The number of benzene rings is 2. The normalized spacial score (nSPS) is 12.1. The molecule has 0 saturated carbocycles. The molecule has 0 fully saturated rings. The van der Waals surface area contributed by atoms with Crippen molar-refractivity contribution < 1.29 is 9.59 Å². The van der Waals surface area contributed by atoms with Crippen molar-refractivity contribution in [2.24, 2.45) is 7.05 Å². The van der Waals surface area contributed by atoms with Crippen molar-refractivity contribution in [2.75, 3.05) is 0 Å². The average molecular weight is 321 g/mol. The Hall–Kier alpha value is -2.95. The van der Waals surface area contributed by atoms with Crippen molar-refractivity contribution in [3.63, 3.8) is 0 Å². The quantitative estimate of drug-likeness (QED) is 0.750. The van der Waals surface area contributed by atoms with Gasteiger partial charge >= 0.3 is 0 Å². The number of para-hydroxylation sites is 2. The fraction of sp³-hybridized carbons (Fsp3) is 0.211. The smallest absolute Gasteiger partial charge is 0.252 e. The molecule has 0 aliphatic heterocycles. The van der Waals surface area contributed by atoms with E-state index in [-0.39, 0.29) is 17.7 Å². The number of hydrogen-bond acceptors (Lipinski definition) is 3. The molecule has 5 nitrogen and oxygen atoms in total. The summed E-state index contributed by atoms with van der Waals surface area (Å²) in [5.41, 5.74) is 2.71. The number of fused-ring (bicyclic) bond motifs is 1. The number of hydrogen-bond donors (Lipinski definition) is 1. The van der Waals surface area contributed by atoms with Gasteiger partial charge in [0.05, 0.1) is 22.6 Å². The lowest BCUT2D eigenvalue weighted by Gasteiger charge is -2.15. The van der Waals surface area contributed by atoms with Gasteiger partial charge in [0.15, 0.2) is 5.78 Å². The Morgan fingerprint density at radius 1 is 1.04 bits per heavy atom. The fourth-order valence-electron chi connectivity index (χ4n) is 2.88. The van der Waals surface area contributed by atoms with Crippen molar-refractivity contribution >= 4 is 22.7 Å². The fourth-order valence-corrected chi connectivity index (χ4v) is 2.88. The monoisotopic (exact) mass is 321 g/mol. The van der Waals surface area contributed by atoms with E-state index in [0.717, 1.165) is 16.9 Å². The van der Waals surface area contributed by atoms with Gasteiger partial charge in [-0.15, -0.1) is 0 Å². The average Bonchev–Trinajstić information content (AvgIpc) is 2.92. The lowest BCUT2D eigenvalue weighted by molar-refractivity contribution is 0.0925. The molecular weight excluding hydrogens is 302 g/mol. The number of nitrogens with zero attached hydrogens (tertiary/aromatic N) is 2. The van der Waals surface area contributed by atoms with E-state index in [9.17, 15) is 9.59 Å². The molecule has 0 saturated heterocycles. The third-order valence-electron chi connectivity index (χ3n) is 4.11. The molecule has 1 aromatic heterocycles. The van der Waals surface area contributed by atoms with Gasteiger partial charge < -0.3 is 9.88 Å². The van der Waals surface area contributed by atoms with Crippen LogP contribution in [0.25, 0.3) is 11.0 Å². The van der Waals surface area contributed by atoms with Crippen LogP contribution in [0, 0.1) is 0 Å². The number of nitrogens with one attached hydrogen (secondary N) is 1. The Labute approximate surface area is 140 Å². The summed E-state index contributed by atoms with van der Waals surface area (Å²) >= 11 is 0. The maximum atomic E-state index is 12.6. The van der Waals surface area contributed by atoms with Crippen LogP contribution in [0.15, 0.2) is 48.5 Å². The lowest BCUT2D eigenvalue weighted by atomic mass is 10.0. The van der Waals surface area contributed by atoms with E-state index >= 15 is 0 Å². The number of rotatable bonds is 4. The van der Waals surface area contributed by atoms with E-state index in [2.05, 4.69) is 10.3 Å². The van der Waals surface area contributed by atoms with Crippen LogP contribution in [0.2, 0.25) is 0 Å². The lowest BCUT2D eigenvalue weighted by Crippen LogP contribution is -2.29. The van der Waals surface area contributed by atoms with Crippen LogP contribution >= 0.6 is 0 Å². The summed E-state index contributed by atoms with van der Waals surface area (Å²) < 4.78 is 1.97. The molecule has 0 radical (unpaired) electrons. The predicted octanol–water partition coefficient (Wildman–Crippen LogP) is 3.27. The molecule has 1 atom stereocenters. The molecule has 3 aromatic rings. The molecule has 1 amide bonds. The van der Waals surface area contributed by atoms with Crippen molar-refractivity contribution in [3.05, 3.63) is 65.5 Å². The molecule has 0 aliphatic carbocycles. The Balaban J connectivity index is 1.89. The SMILES string of the molecule is CC(=O)c1ccccc1C(=O)N[C@H](C)c1nc2ccccc2n1C. The highest BCUT2D eigenvalue weighted by atomic mass is 16.2. The van der Waals surface area contributed by atoms with Crippen molar-refractivity contribution in [2.45, 2.75) is 19.9 Å². The van der Waals surface area contributed by atoms with Gasteiger partial charge in [0.1, 0.15) is 5.82 Å². The van der Waals surface area contributed by atoms with E-state index in [1.54, 1.807) is 24.3 Å². The third-order valence-corrected chi connectivity index (χ3v) is 4.11. The van der Waals surface area contributed by atoms with E-state index in [0.29, 0.717) is 11.1 Å². The first-order chi connectivity index (χ1) is 11.5. The zero-order chi connectivity index (χ0) is 17.3. The maximum absolute atomic E-state index is 12.6. The van der Waals surface area contributed by atoms with Gasteiger partial charge in [0, 0.05) is 12.6 Å². The summed E-state index contributed by atoms with van der Waals surface area (Å²) in [6.45, 7) is 3.34. The molecule has 5 heteroatoms. The molecule has 0 aliphatic rings. The van der Waals surface area contributed by atoms with Crippen molar-refractivity contribution in [3.8, 4) is 0 Å². The predicted molar refractivity (Wildman–Crippen MR) is 93.0 cm³/mol. The summed E-state index contributed by atoms with van der Waals surface area (Å²) in [7, 11) is 1.93. The van der Waals surface area contributed by atoms with Gasteiger partial charge in [0.25, 0.3) is 5.91 Å². The van der Waals surface area contributed by atoms with E-state index in [1.807, 2.05) is 42.8 Å². The number of imidazole rings is 1. The van der Waals surface area contributed by atoms with Gasteiger partial charge in [-0.05, 0) is 32.0 Å². The molecule has 0 bridgehead atoms. The van der Waals surface area contributed by atoms with Crippen LogP contribution in [-0.2, 0) is 7.05 Å². The van der Waals surface area contributed by atoms with E-state index < -0.39 is 0 Å². The molecule has 24 heavy (non-hydrogen) atoms. The maximum Gasteiger partial charge on any atom is 0.252 e. The Kier molecular flexibility index (Phi) is 4.16. The van der Waals surface area contributed by atoms with Crippen LogP contribution in [0.5, 0.6) is 0 Å². The second kappa shape index (κ2) is 6.28. The highest BCUT2D eigenvalue weighted by molar-refractivity contribution is 6.07. The summed E-state index contributed by atoms with van der Waals surface area (Å²) in [6, 6.07) is 14.4. The minimum atomic E-state index is -0.282. The summed E-state index contributed by atoms with van der Waals surface area (Å²) in [4.78, 5) is 28.9. The topological polar surface area (TPSA) is 64.0 Å². The zero-order valence-electron chi connectivity index (χ0n) is 13.9. The number of carbonyl (C=O) groups excluding carboxylic acids is 2. The van der Waals surface area contributed by atoms with Gasteiger partial charge in [-0.25, -0.2) is 4.98 Å². The largest absolute Gasteiger partial charge is 0.342 e. The van der Waals surface area contributed by atoms with Gasteiger partial charge in [-0.1, -0.05) is 30.3 Å². The first kappa shape index (κ1) is 15.9. The van der Waals surface area contributed by atoms with E-state index in [1.165, 1.54) is 6.92 Å². The Morgan fingerprint density at radius 2 is 1.67 bits per heavy atom. The molecule has 1 heterocycles. The minimum absolute atomic E-state index is 0.129. The van der Waals surface area contributed by atoms with Crippen molar-refractivity contribution in [1.82, 2.24) is 14.9 Å². The minimum Gasteiger partial charge on any atom is -0.342 e. The van der Waals surface area contributed by atoms with E-state index in [4.69, 9.17) is 0 Å². The standard InChI is InChI=1S/C19H19N3O2/c1-12(18-21-16-10-6-7-11-17(16)22(18)3)20-19(24)15-9-5-4-8-14(15)13(2)23/h4-12H,1-3H3,(H,20,24)/t12-/m1/s1. The molecule has 2 aromatic carbocycles. The van der Waals surface area contributed by atoms with Gasteiger partial charge in [-0.2, -0.15) is 0 Å². The molecule has 3 rings (SSSR count). The highest BCUT2D eigenvalue weighted by Crippen LogP contribution is 2.20. The molecule has 1 N–H and O–H groups in total. The number of carbonyl (C=O) groups is 2. The van der Waals surface area contributed by atoms with Gasteiger partial charge in [0.2, 0.25) is 0 Å².